The van der Waals surface area contributed by atoms with E-state index < -0.39 is 0 Å². The number of nitrogens with one attached hydrogen (secondary N) is 1. The van der Waals surface area contributed by atoms with Crippen LogP contribution in [0.15, 0.2) is 22.8 Å². The molecule has 0 saturated heterocycles. The average molecular weight is 307 g/mol. The van der Waals surface area contributed by atoms with Gasteiger partial charge in [0.05, 0.1) is 11.2 Å². The van der Waals surface area contributed by atoms with Gasteiger partial charge in [0.25, 0.3) is 0 Å². The Labute approximate surface area is 114 Å². The average Bonchev–Trinajstić information content (AvgIpc) is 2.80. The lowest BCUT2D eigenvalue weighted by atomic mass is 10.2. The second-order valence-electron chi connectivity index (χ2n) is 4.74. The number of aromatic nitrogens is 2. The van der Waals surface area contributed by atoms with Crippen molar-refractivity contribution in [2.75, 3.05) is 11.1 Å². The molecule has 3 N–H and O–H groups in total. The maximum Gasteiger partial charge on any atom is 0.126 e. The zero-order valence-corrected chi connectivity index (χ0v) is 11.6. The van der Waals surface area contributed by atoms with Crippen molar-refractivity contribution in [1.82, 2.24) is 9.97 Å². The lowest BCUT2D eigenvalue weighted by molar-refractivity contribution is 0.756. The van der Waals surface area contributed by atoms with Gasteiger partial charge in [-0.3, -0.25) is 4.98 Å². The minimum Gasteiger partial charge on any atom is -0.384 e. The number of hydrogen-bond acceptors (Lipinski definition) is 4. The third-order valence-electron chi connectivity index (χ3n) is 3.35. The number of nitrogens with zero attached hydrogens (tertiary/aromatic N) is 2. The highest BCUT2D eigenvalue weighted by atomic mass is 79.9. The van der Waals surface area contributed by atoms with E-state index in [1.165, 1.54) is 25.7 Å². The quantitative estimate of drug-likeness (QED) is 0.893. The molecule has 0 atom stereocenters. The molecule has 0 unspecified atom stereocenters. The Morgan fingerprint density at radius 2 is 2.06 bits per heavy atom. The van der Waals surface area contributed by atoms with Gasteiger partial charge >= 0.3 is 0 Å². The van der Waals surface area contributed by atoms with Crippen LogP contribution in [-0.4, -0.2) is 16.0 Å². The van der Waals surface area contributed by atoms with Crippen molar-refractivity contribution in [3.05, 3.63) is 22.8 Å². The first-order valence-electron chi connectivity index (χ1n) is 6.21. The number of pyridine rings is 2. The molecule has 2 aromatic heterocycles. The Hall–Kier alpha value is -1.36. The summed E-state index contributed by atoms with van der Waals surface area (Å²) in [4.78, 5) is 8.75. The minimum absolute atomic E-state index is 0.530. The van der Waals surface area contributed by atoms with Gasteiger partial charge in [-0.25, -0.2) is 4.98 Å². The monoisotopic (exact) mass is 306 g/mol. The van der Waals surface area contributed by atoms with E-state index in [-0.39, 0.29) is 0 Å². The molecule has 3 rings (SSSR count). The first kappa shape index (κ1) is 11.7. The van der Waals surface area contributed by atoms with Gasteiger partial charge in [0.2, 0.25) is 0 Å². The highest BCUT2D eigenvalue weighted by Crippen LogP contribution is 2.28. The van der Waals surface area contributed by atoms with Crippen LogP contribution in [0.3, 0.4) is 0 Å². The standard InChI is InChI=1S/C13H15BrN4/c14-8-5-10-13(16-7-8)11(6-12(15)18-10)17-9-3-1-2-4-9/h5-7,9H,1-4H2,(H3,15,17,18). The number of hydrogen-bond donors (Lipinski definition) is 2. The second kappa shape index (κ2) is 4.72. The smallest absolute Gasteiger partial charge is 0.126 e. The molecule has 4 nitrogen and oxygen atoms in total. The fourth-order valence-electron chi connectivity index (χ4n) is 2.51. The molecule has 1 aliphatic carbocycles. The van der Waals surface area contributed by atoms with E-state index in [1.54, 1.807) is 6.20 Å². The van der Waals surface area contributed by atoms with Crippen LogP contribution >= 0.6 is 15.9 Å². The third-order valence-corrected chi connectivity index (χ3v) is 3.78. The molecule has 0 amide bonds. The molecule has 1 aliphatic rings. The molecule has 0 aromatic carbocycles. The van der Waals surface area contributed by atoms with Gasteiger partial charge in [-0.1, -0.05) is 12.8 Å². The van der Waals surface area contributed by atoms with E-state index >= 15 is 0 Å². The van der Waals surface area contributed by atoms with Crippen molar-refractivity contribution >= 4 is 38.5 Å². The number of rotatable bonds is 2. The molecule has 2 heterocycles. The van der Waals surface area contributed by atoms with Gasteiger partial charge in [0, 0.05) is 22.8 Å². The summed E-state index contributed by atoms with van der Waals surface area (Å²) in [7, 11) is 0. The van der Waals surface area contributed by atoms with Gasteiger partial charge < -0.3 is 11.1 Å². The van der Waals surface area contributed by atoms with Gasteiger partial charge in [-0.15, -0.1) is 0 Å². The van der Waals surface area contributed by atoms with Crippen molar-refractivity contribution in [3.63, 3.8) is 0 Å². The van der Waals surface area contributed by atoms with Crippen molar-refractivity contribution < 1.29 is 0 Å². The number of fused-ring (bicyclic) bond motifs is 1. The summed E-state index contributed by atoms with van der Waals surface area (Å²) in [5, 5.41) is 3.55. The molecule has 94 valence electrons. The van der Waals surface area contributed by atoms with Gasteiger partial charge in [0.1, 0.15) is 11.3 Å². The van der Waals surface area contributed by atoms with Crippen LogP contribution in [0.1, 0.15) is 25.7 Å². The first-order chi connectivity index (χ1) is 8.72. The maximum atomic E-state index is 5.85. The van der Waals surface area contributed by atoms with E-state index in [0.717, 1.165) is 21.2 Å². The minimum atomic E-state index is 0.530. The predicted octanol–water partition coefficient (Wildman–Crippen LogP) is 3.33. The fourth-order valence-corrected chi connectivity index (χ4v) is 2.83. The van der Waals surface area contributed by atoms with Crippen molar-refractivity contribution in [2.24, 2.45) is 0 Å². The van der Waals surface area contributed by atoms with Crippen LogP contribution < -0.4 is 11.1 Å². The normalized spacial score (nSPS) is 16.3. The SMILES string of the molecule is Nc1cc(NC2CCCC2)c2ncc(Br)cc2n1. The van der Waals surface area contributed by atoms with Gasteiger partial charge in [-0.05, 0) is 34.8 Å². The van der Waals surface area contributed by atoms with Crippen LogP contribution in [-0.2, 0) is 0 Å². The summed E-state index contributed by atoms with van der Waals surface area (Å²) in [6, 6.07) is 4.36. The van der Waals surface area contributed by atoms with Crippen LogP contribution in [0.25, 0.3) is 11.0 Å². The molecule has 1 fully saturated rings. The first-order valence-corrected chi connectivity index (χ1v) is 7.00. The molecule has 0 bridgehead atoms. The predicted molar refractivity (Wildman–Crippen MR) is 77.5 cm³/mol. The zero-order valence-electron chi connectivity index (χ0n) is 9.99. The van der Waals surface area contributed by atoms with Crippen LogP contribution in [0, 0.1) is 0 Å². The Balaban J connectivity index is 2.03. The number of halogens is 1. The van der Waals surface area contributed by atoms with E-state index in [9.17, 15) is 0 Å². The van der Waals surface area contributed by atoms with E-state index in [2.05, 4.69) is 31.2 Å². The molecule has 5 heteroatoms. The van der Waals surface area contributed by atoms with Gasteiger partial charge in [-0.2, -0.15) is 0 Å². The van der Waals surface area contributed by atoms with Crippen LogP contribution in [0.5, 0.6) is 0 Å². The summed E-state index contributed by atoms with van der Waals surface area (Å²) in [6.45, 7) is 0. The topological polar surface area (TPSA) is 63.8 Å². The summed E-state index contributed by atoms with van der Waals surface area (Å²) in [6.07, 6.45) is 6.84. The lowest BCUT2D eigenvalue weighted by Gasteiger charge is -2.15. The molecular weight excluding hydrogens is 292 g/mol. The molecule has 0 radical (unpaired) electrons. The number of anilines is 2. The number of nitrogens with two attached hydrogens (primary N) is 1. The van der Waals surface area contributed by atoms with E-state index in [4.69, 9.17) is 5.73 Å². The molecule has 0 spiro atoms. The second-order valence-corrected chi connectivity index (χ2v) is 5.66. The molecule has 18 heavy (non-hydrogen) atoms. The maximum absolute atomic E-state index is 5.85. The Kier molecular flexibility index (Phi) is 3.07. The molecule has 1 saturated carbocycles. The van der Waals surface area contributed by atoms with Crippen molar-refractivity contribution in [2.45, 2.75) is 31.7 Å². The zero-order chi connectivity index (χ0) is 12.5. The summed E-state index contributed by atoms with van der Waals surface area (Å²) >= 11 is 3.41. The third kappa shape index (κ3) is 2.27. The molecule has 2 aromatic rings. The van der Waals surface area contributed by atoms with Crippen LogP contribution in [0.2, 0.25) is 0 Å². The van der Waals surface area contributed by atoms with Crippen LogP contribution in [0.4, 0.5) is 11.5 Å². The molecular formula is C13H15BrN4. The summed E-state index contributed by atoms with van der Waals surface area (Å²) in [5.74, 6) is 0.530. The summed E-state index contributed by atoms with van der Waals surface area (Å²) in [5.41, 5.74) is 8.56. The largest absolute Gasteiger partial charge is 0.384 e. The van der Waals surface area contributed by atoms with Crippen molar-refractivity contribution in [1.29, 1.82) is 0 Å². The Morgan fingerprint density at radius 3 is 2.83 bits per heavy atom. The van der Waals surface area contributed by atoms with Gasteiger partial charge in [0.15, 0.2) is 0 Å². The van der Waals surface area contributed by atoms with E-state index in [0.29, 0.717) is 11.9 Å². The van der Waals surface area contributed by atoms with Crippen molar-refractivity contribution in [3.8, 4) is 0 Å². The highest BCUT2D eigenvalue weighted by molar-refractivity contribution is 9.10. The summed E-state index contributed by atoms with van der Waals surface area (Å²) < 4.78 is 0.917. The van der Waals surface area contributed by atoms with E-state index in [1.807, 2.05) is 12.1 Å². The Morgan fingerprint density at radius 1 is 1.28 bits per heavy atom. The lowest BCUT2D eigenvalue weighted by Crippen LogP contribution is -2.15. The fraction of sp³-hybridized carbons (Fsp3) is 0.385. The number of nitrogen functional groups attached to an aromatic ring is 1. The highest BCUT2D eigenvalue weighted by Gasteiger charge is 2.16. The Bertz CT molecular complexity index is 573. The molecule has 0 aliphatic heterocycles.